The summed E-state index contributed by atoms with van der Waals surface area (Å²) in [6.07, 6.45) is 0. The lowest BCUT2D eigenvalue weighted by Gasteiger charge is -2.35. The first kappa shape index (κ1) is 11.3. The van der Waals surface area contributed by atoms with Crippen molar-refractivity contribution in [1.82, 2.24) is 4.90 Å². The Morgan fingerprint density at radius 2 is 2.36 bits per heavy atom. The van der Waals surface area contributed by atoms with Crippen LogP contribution in [0.4, 0.5) is 8.78 Å². The van der Waals surface area contributed by atoms with Gasteiger partial charge in [0.05, 0.1) is 25.8 Å². The molecule has 0 bridgehead atoms. The van der Waals surface area contributed by atoms with E-state index in [0.29, 0.717) is 13.2 Å². The summed E-state index contributed by atoms with van der Waals surface area (Å²) >= 11 is 0. The number of hydrogen-bond acceptors (Lipinski definition) is 3. The highest BCUT2D eigenvalue weighted by Gasteiger charge is 2.42. The van der Waals surface area contributed by atoms with Gasteiger partial charge in [-0.25, -0.2) is 0 Å². The number of hydrogen-bond donors (Lipinski definition) is 1. The van der Waals surface area contributed by atoms with Crippen LogP contribution >= 0.6 is 0 Å². The Balaban J connectivity index is 2.67. The van der Waals surface area contributed by atoms with Crippen LogP contribution in [0.15, 0.2) is 0 Å². The van der Waals surface area contributed by atoms with E-state index in [1.807, 2.05) is 0 Å². The van der Waals surface area contributed by atoms with Gasteiger partial charge in [-0.1, -0.05) is 0 Å². The molecule has 4 nitrogen and oxygen atoms in total. The van der Waals surface area contributed by atoms with Crippen molar-refractivity contribution in [3.63, 3.8) is 0 Å². The fourth-order valence-electron chi connectivity index (χ4n) is 1.33. The maximum Gasteiger partial charge on any atom is 0.336 e. The molecule has 1 fully saturated rings. The van der Waals surface area contributed by atoms with Crippen LogP contribution in [0.2, 0.25) is 0 Å². The highest BCUT2D eigenvalue weighted by molar-refractivity contribution is 5.84. The maximum atomic E-state index is 12.9. The first-order chi connectivity index (χ1) is 6.49. The summed E-state index contributed by atoms with van der Waals surface area (Å²) in [5.41, 5.74) is 4.83. The van der Waals surface area contributed by atoms with Crippen LogP contribution < -0.4 is 5.73 Å². The van der Waals surface area contributed by atoms with Gasteiger partial charge in [0.15, 0.2) is 0 Å². The summed E-state index contributed by atoms with van der Waals surface area (Å²) < 4.78 is 30.9. The molecule has 1 heterocycles. The quantitative estimate of drug-likeness (QED) is 0.685. The van der Waals surface area contributed by atoms with Gasteiger partial charge >= 0.3 is 5.92 Å². The molecule has 82 valence electrons. The fraction of sp³-hybridized carbons (Fsp3) is 0.875. The molecule has 1 saturated heterocycles. The summed E-state index contributed by atoms with van der Waals surface area (Å²) in [5.74, 6) is -4.65. The maximum absolute atomic E-state index is 12.9. The Morgan fingerprint density at radius 1 is 1.71 bits per heavy atom. The van der Waals surface area contributed by atoms with E-state index in [1.165, 1.54) is 0 Å². The van der Waals surface area contributed by atoms with Crippen molar-refractivity contribution in [3.05, 3.63) is 0 Å². The van der Waals surface area contributed by atoms with Gasteiger partial charge < -0.3 is 15.4 Å². The summed E-state index contributed by atoms with van der Waals surface area (Å²) in [4.78, 5) is 12.4. The molecule has 0 saturated carbocycles. The van der Waals surface area contributed by atoms with Crippen molar-refractivity contribution in [1.29, 1.82) is 0 Å². The minimum atomic E-state index is -3.45. The van der Waals surface area contributed by atoms with Crippen molar-refractivity contribution in [2.75, 3.05) is 26.3 Å². The summed E-state index contributed by atoms with van der Waals surface area (Å²) in [6, 6.07) is -0.311. The first-order valence-corrected chi connectivity index (χ1v) is 4.45. The second kappa shape index (κ2) is 4.18. The van der Waals surface area contributed by atoms with E-state index in [0.717, 1.165) is 4.90 Å². The summed E-state index contributed by atoms with van der Waals surface area (Å²) in [6.45, 7) is 1.53. The minimum Gasteiger partial charge on any atom is -0.377 e. The van der Waals surface area contributed by atoms with E-state index in [-0.39, 0.29) is 12.6 Å². The molecule has 0 aromatic heterocycles. The molecule has 1 unspecified atom stereocenters. The summed E-state index contributed by atoms with van der Waals surface area (Å²) in [7, 11) is 0. The molecule has 14 heavy (non-hydrogen) atoms. The van der Waals surface area contributed by atoms with Gasteiger partial charge in [0.1, 0.15) is 0 Å². The Morgan fingerprint density at radius 3 is 2.86 bits per heavy atom. The van der Waals surface area contributed by atoms with E-state index in [4.69, 9.17) is 10.5 Å². The molecule has 0 aromatic carbocycles. The average molecular weight is 208 g/mol. The Kier molecular flexibility index (Phi) is 3.38. The molecule has 1 atom stereocenters. The largest absolute Gasteiger partial charge is 0.377 e. The van der Waals surface area contributed by atoms with Crippen LogP contribution in [0, 0.1) is 0 Å². The molecule has 0 aromatic rings. The zero-order valence-corrected chi connectivity index (χ0v) is 8.00. The van der Waals surface area contributed by atoms with Gasteiger partial charge in [0.25, 0.3) is 5.91 Å². The number of nitrogens with two attached hydrogens (primary N) is 1. The average Bonchev–Trinajstić information content (AvgIpc) is 2.17. The fourth-order valence-corrected chi connectivity index (χ4v) is 1.33. The number of ether oxygens (including phenoxy) is 1. The molecule has 6 heteroatoms. The van der Waals surface area contributed by atoms with Crippen LogP contribution in [0.3, 0.4) is 0 Å². The van der Waals surface area contributed by atoms with E-state index >= 15 is 0 Å². The SMILES string of the molecule is CC1COCCN1C(=O)C(F)(F)CN. The van der Waals surface area contributed by atoms with E-state index < -0.39 is 18.4 Å². The molecule has 1 rings (SSSR count). The molecule has 2 N–H and O–H groups in total. The highest BCUT2D eigenvalue weighted by atomic mass is 19.3. The normalized spacial score (nSPS) is 23.7. The smallest absolute Gasteiger partial charge is 0.336 e. The van der Waals surface area contributed by atoms with E-state index in [2.05, 4.69) is 0 Å². The third kappa shape index (κ3) is 2.19. The second-order valence-electron chi connectivity index (χ2n) is 3.33. The lowest BCUT2D eigenvalue weighted by Crippen LogP contribution is -2.55. The van der Waals surface area contributed by atoms with Crippen LogP contribution in [-0.2, 0) is 9.53 Å². The standard InChI is InChI=1S/C8H14F2N2O2/c1-6-4-14-3-2-12(6)7(13)8(9,10)5-11/h6H,2-5,11H2,1H3. The predicted octanol–water partition coefficient (Wildman–Crippen LogP) is -0.172. The number of nitrogens with zero attached hydrogens (tertiary/aromatic N) is 1. The minimum absolute atomic E-state index is 0.204. The number of amides is 1. The van der Waals surface area contributed by atoms with Crippen LogP contribution in [0.25, 0.3) is 0 Å². The zero-order chi connectivity index (χ0) is 10.8. The monoisotopic (exact) mass is 208 g/mol. The third-order valence-corrected chi connectivity index (χ3v) is 2.20. The first-order valence-electron chi connectivity index (χ1n) is 4.45. The number of carbonyl (C=O) groups is 1. The molecule has 0 spiro atoms. The van der Waals surface area contributed by atoms with E-state index in [9.17, 15) is 13.6 Å². The van der Waals surface area contributed by atoms with Crippen molar-refractivity contribution >= 4 is 5.91 Å². The van der Waals surface area contributed by atoms with Crippen molar-refractivity contribution in [3.8, 4) is 0 Å². The molecule has 1 aliphatic heterocycles. The number of carbonyl (C=O) groups excluding carboxylic acids is 1. The zero-order valence-electron chi connectivity index (χ0n) is 8.00. The molecular formula is C8H14F2N2O2. The second-order valence-corrected chi connectivity index (χ2v) is 3.33. The van der Waals surface area contributed by atoms with E-state index in [1.54, 1.807) is 6.92 Å². The Labute approximate surface area is 81.0 Å². The van der Waals surface area contributed by atoms with Crippen molar-refractivity contribution in [2.45, 2.75) is 18.9 Å². The lowest BCUT2D eigenvalue weighted by molar-refractivity contribution is -0.163. The van der Waals surface area contributed by atoms with Gasteiger partial charge in [-0.15, -0.1) is 0 Å². The molecule has 1 amide bonds. The Bertz CT molecular complexity index is 223. The Hall–Kier alpha value is -0.750. The molecular weight excluding hydrogens is 194 g/mol. The van der Waals surface area contributed by atoms with Gasteiger partial charge in [-0.3, -0.25) is 4.79 Å². The molecule has 1 aliphatic rings. The molecule has 0 radical (unpaired) electrons. The third-order valence-electron chi connectivity index (χ3n) is 2.20. The number of halogens is 2. The van der Waals surface area contributed by atoms with Gasteiger partial charge in [0.2, 0.25) is 0 Å². The lowest BCUT2D eigenvalue weighted by atomic mass is 10.2. The van der Waals surface area contributed by atoms with Crippen LogP contribution in [0.5, 0.6) is 0 Å². The van der Waals surface area contributed by atoms with Crippen molar-refractivity contribution < 1.29 is 18.3 Å². The van der Waals surface area contributed by atoms with Gasteiger partial charge in [-0.05, 0) is 6.92 Å². The van der Waals surface area contributed by atoms with Crippen LogP contribution in [0.1, 0.15) is 6.92 Å². The summed E-state index contributed by atoms with van der Waals surface area (Å²) in [5, 5.41) is 0. The highest BCUT2D eigenvalue weighted by Crippen LogP contribution is 2.18. The topological polar surface area (TPSA) is 55.6 Å². The van der Waals surface area contributed by atoms with Crippen molar-refractivity contribution in [2.24, 2.45) is 5.73 Å². The van der Waals surface area contributed by atoms with Gasteiger partial charge in [-0.2, -0.15) is 8.78 Å². The van der Waals surface area contributed by atoms with Crippen LogP contribution in [-0.4, -0.2) is 49.1 Å². The molecule has 0 aliphatic carbocycles. The van der Waals surface area contributed by atoms with Gasteiger partial charge in [0, 0.05) is 6.54 Å². The number of morpholine rings is 1. The number of alkyl halides is 2. The predicted molar refractivity (Wildman–Crippen MR) is 46.0 cm³/mol. The number of rotatable bonds is 2.